The summed E-state index contributed by atoms with van der Waals surface area (Å²) in [5.41, 5.74) is 0. The molecular formula is C19H31N3. The van der Waals surface area contributed by atoms with Crippen molar-refractivity contribution in [3.63, 3.8) is 0 Å². The van der Waals surface area contributed by atoms with E-state index in [0.717, 1.165) is 47.7 Å². The number of piperidine rings is 5. The van der Waals surface area contributed by atoms with E-state index in [1.165, 1.54) is 64.8 Å². The number of hydrogen-bond acceptors (Lipinski definition) is 3. The van der Waals surface area contributed by atoms with E-state index in [2.05, 4.69) is 15.1 Å². The molecule has 0 radical (unpaired) electrons. The van der Waals surface area contributed by atoms with Crippen LogP contribution in [0.4, 0.5) is 0 Å². The zero-order valence-electron chi connectivity index (χ0n) is 13.8. The third-order valence-corrected chi connectivity index (χ3v) is 8.60. The predicted octanol–water partition coefficient (Wildman–Crippen LogP) is 1.79. The van der Waals surface area contributed by atoms with Crippen LogP contribution in [0.15, 0.2) is 0 Å². The molecule has 0 aromatic heterocycles. The Balaban J connectivity index is 1.16. The zero-order chi connectivity index (χ0) is 14.3. The van der Waals surface area contributed by atoms with Crippen molar-refractivity contribution in [1.82, 2.24) is 15.1 Å². The Morgan fingerprint density at radius 1 is 0.773 bits per heavy atom. The van der Waals surface area contributed by atoms with Gasteiger partial charge in [0, 0.05) is 31.2 Å². The molecule has 0 amide bonds. The van der Waals surface area contributed by atoms with Gasteiger partial charge in [0.2, 0.25) is 0 Å². The molecule has 8 atom stereocenters. The Morgan fingerprint density at radius 3 is 2.27 bits per heavy atom. The van der Waals surface area contributed by atoms with Gasteiger partial charge in [-0.05, 0) is 87.7 Å². The highest BCUT2D eigenvalue weighted by molar-refractivity contribution is 5.11. The molecule has 6 saturated heterocycles. The fourth-order valence-electron chi connectivity index (χ4n) is 7.57. The molecule has 8 unspecified atom stereocenters. The van der Waals surface area contributed by atoms with Crippen LogP contribution >= 0.6 is 0 Å². The van der Waals surface area contributed by atoms with E-state index < -0.39 is 0 Å². The highest BCUT2D eigenvalue weighted by Gasteiger charge is 2.55. The Hall–Kier alpha value is -0.120. The van der Waals surface area contributed by atoms with Crippen molar-refractivity contribution in [3.05, 3.63) is 0 Å². The van der Waals surface area contributed by atoms with Gasteiger partial charge in [-0.2, -0.15) is 0 Å². The molecular weight excluding hydrogens is 270 g/mol. The molecule has 6 aliphatic heterocycles. The van der Waals surface area contributed by atoms with Crippen LogP contribution in [0.25, 0.3) is 0 Å². The van der Waals surface area contributed by atoms with Crippen molar-refractivity contribution in [2.24, 2.45) is 29.6 Å². The molecule has 7 rings (SSSR count). The van der Waals surface area contributed by atoms with E-state index in [9.17, 15) is 0 Å². The molecule has 1 saturated carbocycles. The lowest BCUT2D eigenvalue weighted by Crippen LogP contribution is -2.60. The van der Waals surface area contributed by atoms with Crippen LogP contribution in [0.3, 0.4) is 0 Å². The second kappa shape index (κ2) is 4.70. The largest absolute Gasteiger partial charge is 0.309 e. The quantitative estimate of drug-likeness (QED) is 0.839. The van der Waals surface area contributed by atoms with Crippen LogP contribution in [-0.2, 0) is 0 Å². The Labute approximate surface area is 134 Å². The SMILES string of the molecule is C1CN2CCC1CC2C1NC2CC1CC2C1CN2CCC1C2. The second-order valence-electron chi connectivity index (χ2n) is 9.45. The van der Waals surface area contributed by atoms with Crippen molar-refractivity contribution >= 4 is 0 Å². The fraction of sp³-hybridized carbons (Fsp3) is 1.00. The summed E-state index contributed by atoms with van der Waals surface area (Å²) in [6, 6.07) is 2.62. The second-order valence-corrected chi connectivity index (χ2v) is 9.45. The first-order valence-corrected chi connectivity index (χ1v) is 10.1. The van der Waals surface area contributed by atoms with Gasteiger partial charge in [-0.25, -0.2) is 0 Å². The lowest BCUT2D eigenvalue weighted by molar-refractivity contribution is 0.0128. The maximum atomic E-state index is 4.17. The minimum atomic E-state index is 0.850. The summed E-state index contributed by atoms with van der Waals surface area (Å²) in [5.74, 6) is 5.19. The van der Waals surface area contributed by atoms with Gasteiger partial charge in [0.25, 0.3) is 0 Å². The average molecular weight is 301 g/mol. The van der Waals surface area contributed by atoms with E-state index in [-0.39, 0.29) is 0 Å². The average Bonchev–Trinajstić information content (AvgIpc) is 3.34. The van der Waals surface area contributed by atoms with Crippen molar-refractivity contribution in [1.29, 1.82) is 0 Å². The smallest absolute Gasteiger partial charge is 0.0255 e. The monoisotopic (exact) mass is 301 g/mol. The number of fused-ring (bicyclic) bond motifs is 7. The maximum absolute atomic E-state index is 4.17. The van der Waals surface area contributed by atoms with Crippen LogP contribution in [0, 0.1) is 29.6 Å². The van der Waals surface area contributed by atoms with Gasteiger partial charge in [-0.3, -0.25) is 4.90 Å². The number of rotatable bonds is 2. The summed E-state index contributed by atoms with van der Waals surface area (Å²) in [4.78, 5) is 5.58. The molecule has 7 fully saturated rings. The molecule has 0 spiro atoms. The van der Waals surface area contributed by atoms with Crippen molar-refractivity contribution < 1.29 is 0 Å². The van der Waals surface area contributed by atoms with Gasteiger partial charge in [0.1, 0.15) is 0 Å². The highest BCUT2D eigenvalue weighted by atomic mass is 15.2. The zero-order valence-corrected chi connectivity index (χ0v) is 13.8. The lowest BCUT2D eigenvalue weighted by Gasteiger charge is -2.50. The lowest BCUT2D eigenvalue weighted by atomic mass is 9.74. The van der Waals surface area contributed by atoms with Gasteiger partial charge in [-0.15, -0.1) is 0 Å². The Bertz CT molecular complexity index is 458. The van der Waals surface area contributed by atoms with Gasteiger partial charge < -0.3 is 10.2 Å². The Kier molecular flexibility index (Phi) is 2.82. The minimum absolute atomic E-state index is 0.850. The third kappa shape index (κ3) is 1.79. The molecule has 6 heterocycles. The van der Waals surface area contributed by atoms with Crippen LogP contribution in [0.5, 0.6) is 0 Å². The maximum Gasteiger partial charge on any atom is 0.0255 e. The molecule has 1 N–H and O–H groups in total. The van der Waals surface area contributed by atoms with Crippen molar-refractivity contribution in [2.75, 3.05) is 32.7 Å². The Morgan fingerprint density at radius 2 is 1.68 bits per heavy atom. The molecule has 22 heavy (non-hydrogen) atoms. The van der Waals surface area contributed by atoms with Gasteiger partial charge in [0.15, 0.2) is 0 Å². The number of nitrogens with zero attached hydrogens (tertiary/aromatic N) is 2. The van der Waals surface area contributed by atoms with Crippen LogP contribution < -0.4 is 5.32 Å². The summed E-state index contributed by atoms with van der Waals surface area (Å²) in [5, 5.41) is 4.17. The van der Waals surface area contributed by atoms with Crippen LogP contribution in [0.1, 0.15) is 38.5 Å². The highest BCUT2D eigenvalue weighted by Crippen LogP contribution is 2.51. The summed E-state index contributed by atoms with van der Waals surface area (Å²) in [6.45, 7) is 7.06. The van der Waals surface area contributed by atoms with E-state index in [1.807, 2.05) is 0 Å². The van der Waals surface area contributed by atoms with Gasteiger partial charge >= 0.3 is 0 Å². The van der Waals surface area contributed by atoms with E-state index in [0.29, 0.717) is 0 Å². The molecule has 6 bridgehead atoms. The molecule has 3 heteroatoms. The standard InChI is InChI=1S/C19H31N3/c1-5-22-6-2-12(1)7-18(22)19-14-8-15(17(9-14)20-19)16-11-21-4-3-13(16)10-21/h12-20H,1-11H2. The molecule has 0 aromatic carbocycles. The van der Waals surface area contributed by atoms with E-state index in [4.69, 9.17) is 0 Å². The first-order chi connectivity index (χ1) is 10.8. The summed E-state index contributed by atoms with van der Waals surface area (Å²) in [7, 11) is 0. The number of nitrogens with one attached hydrogen (secondary N) is 1. The summed E-state index contributed by atoms with van der Waals surface area (Å²) in [6.07, 6.45) is 9.05. The first-order valence-electron chi connectivity index (χ1n) is 10.1. The van der Waals surface area contributed by atoms with E-state index in [1.54, 1.807) is 6.42 Å². The summed E-state index contributed by atoms with van der Waals surface area (Å²) < 4.78 is 0. The molecule has 3 nitrogen and oxygen atoms in total. The third-order valence-electron chi connectivity index (χ3n) is 8.60. The van der Waals surface area contributed by atoms with Crippen molar-refractivity contribution in [2.45, 2.75) is 56.7 Å². The van der Waals surface area contributed by atoms with Crippen molar-refractivity contribution in [3.8, 4) is 0 Å². The molecule has 0 aromatic rings. The fourth-order valence-corrected chi connectivity index (χ4v) is 7.57. The van der Waals surface area contributed by atoms with Gasteiger partial charge in [-0.1, -0.05) is 0 Å². The first kappa shape index (κ1) is 13.2. The van der Waals surface area contributed by atoms with E-state index >= 15 is 0 Å². The molecule has 1 aliphatic carbocycles. The molecule has 7 aliphatic rings. The topological polar surface area (TPSA) is 18.5 Å². The van der Waals surface area contributed by atoms with Gasteiger partial charge in [0.05, 0.1) is 0 Å². The molecule has 122 valence electrons. The minimum Gasteiger partial charge on any atom is -0.309 e. The normalized spacial score (nSPS) is 62.2. The van der Waals surface area contributed by atoms with Crippen LogP contribution in [0.2, 0.25) is 0 Å². The number of hydrogen-bond donors (Lipinski definition) is 1. The van der Waals surface area contributed by atoms with Crippen LogP contribution in [-0.4, -0.2) is 60.6 Å². The predicted molar refractivity (Wildman–Crippen MR) is 87.7 cm³/mol. The summed E-state index contributed by atoms with van der Waals surface area (Å²) >= 11 is 0.